The SMILES string of the molecule is Nc1ncnc2c1ncn2OCCOCP(=O)(OCCOCc1ccccc1)OCCOCc1ccccc1. The van der Waals surface area contributed by atoms with Gasteiger partial charge in [-0.05, 0) is 11.1 Å². The van der Waals surface area contributed by atoms with Crippen LogP contribution in [0.4, 0.5) is 5.82 Å². The van der Waals surface area contributed by atoms with E-state index >= 15 is 0 Å². The summed E-state index contributed by atoms with van der Waals surface area (Å²) in [4.78, 5) is 17.7. The van der Waals surface area contributed by atoms with Crippen LogP contribution in [-0.4, -0.2) is 65.7 Å². The molecule has 2 aromatic carbocycles. The molecule has 12 nitrogen and oxygen atoms in total. The van der Waals surface area contributed by atoms with Gasteiger partial charge in [0, 0.05) is 0 Å². The molecule has 2 aromatic heterocycles. The van der Waals surface area contributed by atoms with Crippen LogP contribution in [0.5, 0.6) is 0 Å². The van der Waals surface area contributed by atoms with Gasteiger partial charge in [0.2, 0.25) is 5.65 Å². The van der Waals surface area contributed by atoms with Crippen molar-refractivity contribution in [3.8, 4) is 0 Å². The van der Waals surface area contributed by atoms with E-state index in [0.29, 0.717) is 24.4 Å². The molecule has 2 heterocycles. The lowest BCUT2D eigenvalue weighted by atomic mass is 10.2. The zero-order chi connectivity index (χ0) is 27.2. The fraction of sp³-hybridized carbons (Fsp3) is 0.346. The molecule has 0 atom stereocenters. The van der Waals surface area contributed by atoms with Gasteiger partial charge in [0.05, 0.1) is 46.2 Å². The Morgan fingerprint density at radius 1 is 0.718 bits per heavy atom. The summed E-state index contributed by atoms with van der Waals surface area (Å²) in [6.07, 6.45) is 2.51. The summed E-state index contributed by atoms with van der Waals surface area (Å²) in [5.74, 6) is 0.259. The van der Waals surface area contributed by atoms with Gasteiger partial charge < -0.3 is 33.8 Å². The number of fused-ring (bicyclic) bond motifs is 1. The van der Waals surface area contributed by atoms with E-state index in [9.17, 15) is 4.57 Å². The summed E-state index contributed by atoms with van der Waals surface area (Å²) in [5.41, 5.74) is 8.74. The average Bonchev–Trinajstić information content (AvgIpc) is 3.38. The number of imidazole rings is 1. The molecule has 4 rings (SSSR count). The highest BCUT2D eigenvalue weighted by Crippen LogP contribution is 2.47. The fourth-order valence-corrected chi connectivity index (χ4v) is 4.69. The van der Waals surface area contributed by atoms with Crippen molar-refractivity contribution in [1.82, 2.24) is 19.7 Å². The predicted octanol–water partition coefficient (Wildman–Crippen LogP) is 3.47. The second-order valence-electron chi connectivity index (χ2n) is 8.23. The number of nitrogen functional groups attached to an aromatic ring is 1. The molecule has 0 saturated carbocycles. The molecule has 0 saturated heterocycles. The van der Waals surface area contributed by atoms with Crippen LogP contribution in [0.15, 0.2) is 73.3 Å². The van der Waals surface area contributed by atoms with E-state index in [1.165, 1.54) is 17.4 Å². The number of rotatable bonds is 18. The summed E-state index contributed by atoms with van der Waals surface area (Å²) < 4.78 is 42.7. The van der Waals surface area contributed by atoms with Crippen LogP contribution >= 0.6 is 7.60 Å². The number of aromatic nitrogens is 4. The molecule has 208 valence electrons. The molecule has 2 N–H and O–H groups in total. The molecule has 0 aliphatic heterocycles. The molecule has 0 radical (unpaired) electrons. The minimum absolute atomic E-state index is 0.0804. The Balaban J connectivity index is 1.20. The van der Waals surface area contributed by atoms with Crippen LogP contribution in [0.25, 0.3) is 11.2 Å². The van der Waals surface area contributed by atoms with E-state index in [0.717, 1.165) is 11.1 Å². The molecule has 0 bridgehead atoms. The Hall–Kier alpha value is -3.38. The molecule has 0 unspecified atom stereocenters. The first-order valence-corrected chi connectivity index (χ1v) is 14.1. The van der Waals surface area contributed by atoms with Crippen LogP contribution in [0.2, 0.25) is 0 Å². The smallest absolute Gasteiger partial charge is 0.356 e. The Morgan fingerprint density at radius 3 is 1.92 bits per heavy atom. The number of ether oxygens (including phenoxy) is 3. The minimum Gasteiger partial charge on any atom is -0.408 e. The third-order valence-corrected chi connectivity index (χ3v) is 6.94. The summed E-state index contributed by atoms with van der Waals surface area (Å²) >= 11 is 0. The normalized spacial score (nSPS) is 11.7. The molecule has 0 spiro atoms. The first-order chi connectivity index (χ1) is 19.1. The molecule has 0 fully saturated rings. The van der Waals surface area contributed by atoms with E-state index in [-0.39, 0.29) is 51.8 Å². The maximum atomic E-state index is 13.3. The van der Waals surface area contributed by atoms with E-state index in [1.54, 1.807) is 0 Å². The van der Waals surface area contributed by atoms with Crippen LogP contribution in [0.1, 0.15) is 11.1 Å². The van der Waals surface area contributed by atoms with Crippen LogP contribution in [0.3, 0.4) is 0 Å². The second kappa shape index (κ2) is 15.3. The summed E-state index contributed by atoms with van der Waals surface area (Å²) in [5, 5.41) is 0. The molecule has 13 heteroatoms. The number of hydrogen-bond donors (Lipinski definition) is 1. The van der Waals surface area contributed by atoms with Gasteiger partial charge in [0.25, 0.3) is 0 Å². The van der Waals surface area contributed by atoms with Crippen LogP contribution < -0.4 is 10.6 Å². The lowest BCUT2D eigenvalue weighted by Gasteiger charge is -2.19. The van der Waals surface area contributed by atoms with Gasteiger partial charge in [-0.15, -0.1) is 0 Å². The Bertz CT molecular complexity index is 1260. The van der Waals surface area contributed by atoms with Gasteiger partial charge >= 0.3 is 7.60 Å². The Labute approximate surface area is 226 Å². The fourth-order valence-electron chi connectivity index (χ4n) is 3.41. The number of hydrogen-bond acceptors (Lipinski definition) is 11. The average molecular weight is 558 g/mol. The molecule has 0 aliphatic rings. The van der Waals surface area contributed by atoms with Crippen molar-refractivity contribution in [2.75, 3.05) is 51.7 Å². The third-order valence-electron chi connectivity index (χ3n) is 5.29. The molecule has 0 aliphatic carbocycles. The highest BCUT2D eigenvalue weighted by atomic mass is 31.2. The van der Waals surface area contributed by atoms with Crippen molar-refractivity contribution in [1.29, 1.82) is 0 Å². The standard InChI is InChI=1S/C26H32N5O7P/c27-25-24-26(29-19-28-25)31(20-30-24)36-14-11-35-21-39(32,37-15-12-33-17-22-7-3-1-4-8-22)38-16-13-34-18-23-9-5-2-6-10-23/h1-10,19-20H,11-18,21H2,(H2,27,28,29). The number of benzene rings is 2. The van der Waals surface area contributed by atoms with E-state index in [4.69, 9.17) is 33.8 Å². The third kappa shape index (κ3) is 9.39. The van der Waals surface area contributed by atoms with E-state index in [1.807, 2.05) is 60.7 Å². The van der Waals surface area contributed by atoms with Gasteiger partial charge in [0.15, 0.2) is 11.3 Å². The largest absolute Gasteiger partial charge is 0.408 e. The first kappa shape index (κ1) is 28.6. The highest BCUT2D eigenvalue weighted by molar-refractivity contribution is 7.53. The molecular weight excluding hydrogens is 525 g/mol. The van der Waals surface area contributed by atoms with Gasteiger partial charge in [-0.3, -0.25) is 4.57 Å². The van der Waals surface area contributed by atoms with Crippen LogP contribution in [-0.2, 0) is 41.0 Å². The number of nitrogens with two attached hydrogens (primary N) is 1. The monoisotopic (exact) mass is 557 g/mol. The zero-order valence-electron chi connectivity index (χ0n) is 21.5. The van der Waals surface area contributed by atoms with Crippen LogP contribution in [0, 0.1) is 0 Å². The quantitative estimate of drug-likeness (QED) is 0.142. The Kier molecular flexibility index (Phi) is 11.2. The van der Waals surface area contributed by atoms with E-state index in [2.05, 4.69) is 15.0 Å². The predicted molar refractivity (Wildman–Crippen MR) is 144 cm³/mol. The van der Waals surface area contributed by atoms with Gasteiger partial charge in [-0.25, -0.2) is 15.0 Å². The number of nitrogens with zero attached hydrogens (tertiary/aromatic N) is 4. The zero-order valence-corrected chi connectivity index (χ0v) is 22.4. The molecular formula is C26H32N5O7P. The summed E-state index contributed by atoms with van der Waals surface area (Å²) in [6, 6.07) is 19.5. The maximum Gasteiger partial charge on any atom is 0.356 e. The van der Waals surface area contributed by atoms with E-state index < -0.39 is 7.60 Å². The lowest BCUT2D eigenvalue weighted by molar-refractivity contribution is 0.0373. The van der Waals surface area contributed by atoms with Crippen molar-refractivity contribution in [3.05, 3.63) is 84.4 Å². The maximum absolute atomic E-state index is 13.3. The van der Waals surface area contributed by atoms with Crippen molar-refractivity contribution in [2.24, 2.45) is 0 Å². The second-order valence-corrected chi connectivity index (χ2v) is 10.2. The van der Waals surface area contributed by atoms with Crippen molar-refractivity contribution >= 4 is 24.6 Å². The van der Waals surface area contributed by atoms with Crippen molar-refractivity contribution < 1.29 is 32.7 Å². The minimum atomic E-state index is -3.58. The first-order valence-electron chi connectivity index (χ1n) is 12.4. The molecule has 0 amide bonds. The molecule has 4 aromatic rings. The lowest BCUT2D eigenvalue weighted by Crippen LogP contribution is -2.18. The summed E-state index contributed by atoms with van der Waals surface area (Å²) in [6.45, 7) is 1.75. The highest BCUT2D eigenvalue weighted by Gasteiger charge is 2.25. The van der Waals surface area contributed by atoms with Gasteiger partial charge in [0.1, 0.15) is 25.6 Å². The molecule has 39 heavy (non-hydrogen) atoms. The van der Waals surface area contributed by atoms with Crippen molar-refractivity contribution in [3.63, 3.8) is 0 Å². The van der Waals surface area contributed by atoms with Crippen molar-refractivity contribution in [2.45, 2.75) is 13.2 Å². The topological polar surface area (TPSA) is 142 Å². The Morgan fingerprint density at radius 2 is 1.31 bits per heavy atom. The van der Waals surface area contributed by atoms with Gasteiger partial charge in [-0.2, -0.15) is 4.73 Å². The van der Waals surface area contributed by atoms with Gasteiger partial charge in [-0.1, -0.05) is 60.7 Å². The number of anilines is 1. The summed E-state index contributed by atoms with van der Waals surface area (Å²) in [7, 11) is -3.58.